The zero-order chi connectivity index (χ0) is 13.9. The van der Waals surface area contributed by atoms with E-state index in [4.69, 9.17) is 0 Å². The van der Waals surface area contributed by atoms with Crippen LogP contribution in [-0.4, -0.2) is 21.8 Å². The zero-order valence-corrected chi connectivity index (χ0v) is 12.0. The van der Waals surface area contributed by atoms with E-state index in [9.17, 15) is 4.79 Å². The van der Waals surface area contributed by atoms with Gasteiger partial charge in [0, 0.05) is 28.5 Å². The summed E-state index contributed by atoms with van der Waals surface area (Å²) in [5, 5.41) is 4.12. The molecule has 5 heteroatoms. The first kappa shape index (κ1) is 12.9. The summed E-state index contributed by atoms with van der Waals surface area (Å²) in [4.78, 5) is 16.2. The number of nitrogens with one attached hydrogen (secondary N) is 2. The largest absolute Gasteiger partial charge is 0.361 e. The fraction of sp³-hybridized carbons (Fsp3) is 0.200. The third-order valence-corrected chi connectivity index (χ3v) is 3.91. The van der Waals surface area contributed by atoms with Gasteiger partial charge in [-0.1, -0.05) is 18.2 Å². The highest BCUT2D eigenvalue weighted by molar-refractivity contribution is 7.05. The minimum absolute atomic E-state index is 0.103. The minimum Gasteiger partial charge on any atom is -0.361 e. The number of fused-ring (bicyclic) bond motifs is 1. The summed E-state index contributed by atoms with van der Waals surface area (Å²) < 4.78 is 4.10. The summed E-state index contributed by atoms with van der Waals surface area (Å²) in [7, 11) is 0. The lowest BCUT2D eigenvalue weighted by atomic mass is 10.1. The SMILES string of the molecule is Cc1cc(C(=O)NCCc2c[nH]c3ccccc23)ns1. The van der Waals surface area contributed by atoms with Gasteiger partial charge in [-0.25, -0.2) is 0 Å². The van der Waals surface area contributed by atoms with Crippen molar-refractivity contribution in [1.82, 2.24) is 14.7 Å². The van der Waals surface area contributed by atoms with Crippen LogP contribution in [0.2, 0.25) is 0 Å². The van der Waals surface area contributed by atoms with Crippen molar-refractivity contribution in [2.24, 2.45) is 0 Å². The van der Waals surface area contributed by atoms with Crippen molar-refractivity contribution in [3.8, 4) is 0 Å². The standard InChI is InChI=1S/C15H15N3OS/c1-10-8-14(18-20-10)15(19)16-7-6-11-9-17-13-5-3-2-4-12(11)13/h2-5,8-9,17H,6-7H2,1H3,(H,16,19). The molecule has 3 rings (SSSR count). The van der Waals surface area contributed by atoms with Gasteiger partial charge in [0.05, 0.1) is 0 Å². The first-order valence-corrected chi connectivity index (χ1v) is 7.28. The maximum atomic E-state index is 11.9. The van der Waals surface area contributed by atoms with Gasteiger partial charge in [-0.15, -0.1) is 0 Å². The Morgan fingerprint density at radius 3 is 3.05 bits per heavy atom. The molecular weight excluding hydrogens is 270 g/mol. The fourth-order valence-corrected chi connectivity index (χ4v) is 2.76. The highest BCUT2D eigenvalue weighted by Crippen LogP contribution is 2.17. The minimum atomic E-state index is -0.103. The van der Waals surface area contributed by atoms with E-state index in [-0.39, 0.29) is 5.91 Å². The second-order valence-corrected chi connectivity index (χ2v) is 5.70. The van der Waals surface area contributed by atoms with E-state index in [1.54, 1.807) is 0 Å². The van der Waals surface area contributed by atoms with Crippen molar-refractivity contribution in [2.45, 2.75) is 13.3 Å². The summed E-state index contributed by atoms with van der Waals surface area (Å²) in [6, 6.07) is 9.99. The summed E-state index contributed by atoms with van der Waals surface area (Å²) in [5.41, 5.74) is 2.85. The number of para-hydroxylation sites is 1. The van der Waals surface area contributed by atoms with Gasteiger partial charge in [-0.3, -0.25) is 4.79 Å². The summed E-state index contributed by atoms with van der Waals surface area (Å²) in [6.07, 6.45) is 2.81. The Morgan fingerprint density at radius 1 is 1.40 bits per heavy atom. The normalized spacial score (nSPS) is 10.8. The Kier molecular flexibility index (Phi) is 3.52. The maximum absolute atomic E-state index is 11.9. The predicted molar refractivity (Wildman–Crippen MR) is 81.2 cm³/mol. The van der Waals surface area contributed by atoms with Crippen LogP contribution in [0.1, 0.15) is 20.9 Å². The molecule has 2 heterocycles. The Hall–Kier alpha value is -2.14. The molecule has 0 saturated carbocycles. The molecule has 0 atom stereocenters. The van der Waals surface area contributed by atoms with Crippen molar-refractivity contribution in [1.29, 1.82) is 0 Å². The molecule has 0 bridgehead atoms. The molecule has 1 amide bonds. The van der Waals surface area contributed by atoms with Crippen LogP contribution in [0.4, 0.5) is 0 Å². The number of carbonyl (C=O) groups excluding carboxylic acids is 1. The van der Waals surface area contributed by atoms with Crippen LogP contribution in [0.5, 0.6) is 0 Å². The summed E-state index contributed by atoms with van der Waals surface area (Å²) in [5.74, 6) is -0.103. The smallest absolute Gasteiger partial charge is 0.271 e. The Morgan fingerprint density at radius 2 is 2.25 bits per heavy atom. The topological polar surface area (TPSA) is 57.8 Å². The molecule has 1 aromatic carbocycles. The van der Waals surface area contributed by atoms with Crippen LogP contribution in [-0.2, 0) is 6.42 Å². The van der Waals surface area contributed by atoms with E-state index in [0.717, 1.165) is 16.8 Å². The second kappa shape index (κ2) is 5.46. The second-order valence-electron chi connectivity index (χ2n) is 4.69. The van der Waals surface area contributed by atoms with Gasteiger partial charge in [-0.2, -0.15) is 4.37 Å². The molecule has 0 aliphatic carbocycles. The van der Waals surface area contributed by atoms with E-state index in [1.165, 1.54) is 22.5 Å². The lowest BCUT2D eigenvalue weighted by molar-refractivity contribution is 0.0950. The number of hydrogen-bond donors (Lipinski definition) is 2. The van der Waals surface area contributed by atoms with Gasteiger partial charge in [-0.05, 0) is 42.6 Å². The highest BCUT2D eigenvalue weighted by Gasteiger charge is 2.09. The molecule has 0 aliphatic rings. The molecular formula is C15H15N3OS. The predicted octanol–water partition coefficient (Wildman–Crippen LogP) is 2.91. The van der Waals surface area contributed by atoms with Crippen LogP contribution in [0.3, 0.4) is 0 Å². The van der Waals surface area contributed by atoms with Crippen LogP contribution in [0, 0.1) is 6.92 Å². The molecule has 102 valence electrons. The number of aromatic amines is 1. The van der Waals surface area contributed by atoms with E-state index >= 15 is 0 Å². The van der Waals surface area contributed by atoms with Crippen LogP contribution in [0.15, 0.2) is 36.5 Å². The van der Waals surface area contributed by atoms with Crippen molar-refractivity contribution in [3.05, 3.63) is 52.7 Å². The van der Waals surface area contributed by atoms with Gasteiger partial charge < -0.3 is 10.3 Å². The number of carbonyl (C=O) groups is 1. The van der Waals surface area contributed by atoms with Crippen LogP contribution >= 0.6 is 11.5 Å². The molecule has 0 radical (unpaired) electrons. The molecule has 3 aromatic rings. The summed E-state index contributed by atoms with van der Waals surface area (Å²) >= 11 is 1.35. The number of benzene rings is 1. The molecule has 0 saturated heterocycles. The molecule has 4 nitrogen and oxygen atoms in total. The molecule has 2 aromatic heterocycles. The van der Waals surface area contributed by atoms with Gasteiger partial charge in [0.15, 0.2) is 0 Å². The van der Waals surface area contributed by atoms with Gasteiger partial charge in [0.1, 0.15) is 5.69 Å². The third-order valence-electron chi connectivity index (χ3n) is 3.22. The molecule has 2 N–H and O–H groups in total. The number of aromatic nitrogens is 2. The Balaban J connectivity index is 1.61. The van der Waals surface area contributed by atoms with Crippen molar-refractivity contribution in [3.63, 3.8) is 0 Å². The number of rotatable bonds is 4. The number of hydrogen-bond acceptors (Lipinski definition) is 3. The van der Waals surface area contributed by atoms with E-state index in [0.29, 0.717) is 12.2 Å². The average molecular weight is 285 g/mol. The maximum Gasteiger partial charge on any atom is 0.271 e. The Labute approximate surface area is 121 Å². The summed E-state index contributed by atoms with van der Waals surface area (Å²) in [6.45, 7) is 2.55. The van der Waals surface area contributed by atoms with E-state index in [1.807, 2.05) is 31.3 Å². The van der Waals surface area contributed by atoms with Crippen molar-refractivity contribution >= 4 is 28.3 Å². The number of H-pyrrole nitrogens is 1. The first-order valence-electron chi connectivity index (χ1n) is 6.50. The van der Waals surface area contributed by atoms with Crippen LogP contribution < -0.4 is 5.32 Å². The molecule has 0 unspecified atom stereocenters. The monoisotopic (exact) mass is 285 g/mol. The molecule has 0 fully saturated rings. The van der Waals surface area contributed by atoms with Gasteiger partial charge >= 0.3 is 0 Å². The van der Waals surface area contributed by atoms with Gasteiger partial charge in [0.25, 0.3) is 5.91 Å². The lowest BCUT2D eigenvalue weighted by Gasteiger charge is -2.02. The first-order chi connectivity index (χ1) is 9.74. The Bertz CT molecular complexity index is 744. The molecule has 0 aliphatic heterocycles. The third kappa shape index (κ3) is 2.58. The average Bonchev–Trinajstić information content (AvgIpc) is 3.06. The van der Waals surface area contributed by atoms with E-state index in [2.05, 4.69) is 26.8 Å². The highest BCUT2D eigenvalue weighted by atomic mass is 32.1. The molecule has 20 heavy (non-hydrogen) atoms. The lowest BCUT2D eigenvalue weighted by Crippen LogP contribution is -2.25. The quantitative estimate of drug-likeness (QED) is 0.774. The zero-order valence-electron chi connectivity index (χ0n) is 11.1. The van der Waals surface area contributed by atoms with E-state index < -0.39 is 0 Å². The van der Waals surface area contributed by atoms with Crippen LogP contribution in [0.25, 0.3) is 10.9 Å². The molecule has 0 spiro atoms. The van der Waals surface area contributed by atoms with Gasteiger partial charge in [0.2, 0.25) is 0 Å². The number of nitrogens with zero attached hydrogens (tertiary/aromatic N) is 1. The van der Waals surface area contributed by atoms with Crippen molar-refractivity contribution < 1.29 is 4.79 Å². The van der Waals surface area contributed by atoms with Crippen molar-refractivity contribution in [2.75, 3.05) is 6.54 Å². The fourth-order valence-electron chi connectivity index (χ4n) is 2.21. The number of amides is 1. The number of aryl methyl sites for hydroxylation is 1.